The van der Waals surface area contributed by atoms with Crippen molar-refractivity contribution in [2.45, 2.75) is 28.4 Å². The number of fused-ring (bicyclic) bond motifs is 1. The summed E-state index contributed by atoms with van der Waals surface area (Å²) < 4.78 is 66.9. The molecule has 1 aliphatic rings. The average Bonchev–Trinajstić information content (AvgIpc) is 3.16. The Kier molecular flexibility index (Phi) is 5.15. The van der Waals surface area contributed by atoms with E-state index in [1.54, 1.807) is 0 Å². The maximum Gasteiger partial charge on any atom is 0.276 e. The number of hydrogen-bond donors (Lipinski definition) is 2. The Balaban J connectivity index is 1.60. The van der Waals surface area contributed by atoms with Crippen molar-refractivity contribution in [2.24, 2.45) is 0 Å². The molecule has 4 rings (SSSR count). The highest BCUT2D eigenvalue weighted by molar-refractivity contribution is 7.92. The number of nitrogens with zero attached hydrogens (tertiary/aromatic N) is 1. The monoisotopic (exact) mass is 458 g/mol. The van der Waals surface area contributed by atoms with Crippen molar-refractivity contribution in [2.75, 3.05) is 18.0 Å². The van der Waals surface area contributed by atoms with Crippen LogP contribution in [0.25, 0.3) is 10.8 Å². The van der Waals surface area contributed by atoms with Gasteiger partial charge in [0, 0.05) is 30.1 Å². The van der Waals surface area contributed by atoms with Crippen molar-refractivity contribution in [3.8, 4) is 0 Å². The van der Waals surface area contributed by atoms with Crippen LogP contribution in [0.15, 0.2) is 45.5 Å². The van der Waals surface area contributed by atoms with Gasteiger partial charge in [0.1, 0.15) is 16.1 Å². The molecule has 1 aromatic carbocycles. The number of anilines is 1. The molecule has 2 N–H and O–H groups in total. The van der Waals surface area contributed by atoms with Gasteiger partial charge in [-0.2, -0.15) is 0 Å². The molecule has 1 unspecified atom stereocenters. The number of sulfone groups is 1. The number of β-amino-alcohol motifs (C(OH)–C–C–N with tert-alkyl or cyclic N) is 1. The molecule has 160 valence electrons. The highest BCUT2D eigenvalue weighted by atomic mass is 32.2. The van der Waals surface area contributed by atoms with Gasteiger partial charge in [-0.15, -0.1) is 11.3 Å². The van der Waals surface area contributed by atoms with Crippen LogP contribution in [0, 0.1) is 5.82 Å². The summed E-state index contributed by atoms with van der Waals surface area (Å²) >= 11 is 0.872. The minimum atomic E-state index is -3.94. The van der Waals surface area contributed by atoms with E-state index < -0.39 is 45.4 Å². The maximum absolute atomic E-state index is 14.4. The molecule has 0 radical (unpaired) electrons. The smallest absolute Gasteiger partial charge is 0.276 e. The zero-order chi connectivity index (χ0) is 21.7. The molecule has 0 amide bonds. The molecular formula is C19H17F3N2O4S2. The van der Waals surface area contributed by atoms with Crippen molar-refractivity contribution < 1.29 is 26.7 Å². The fraction of sp³-hybridized carbons (Fsp3) is 0.316. The van der Waals surface area contributed by atoms with Crippen molar-refractivity contribution in [3.63, 3.8) is 0 Å². The number of aliphatic hydroxyl groups excluding tert-OH is 1. The molecule has 11 heteroatoms. The standard InChI is InChI=1S/C19H17F3N2O4S2/c20-14-8-11-3-5-23-18(26)13(11)7-12(14)10-30(27,28)17-2-1-16(29-17)24-6-4-19(21,22)15(25)9-24/h1-3,5,7-8,15,25H,4,6,9-10H2,(H,23,26). The van der Waals surface area contributed by atoms with Crippen molar-refractivity contribution >= 4 is 36.9 Å². The van der Waals surface area contributed by atoms with Crippen LogP contribution >= 0.6 is 11.3 Å². The summed E-state index contributed by atoms with van der Waals surface area (Å²) in [5, 5.41) is 10.6. The number of aromatic amines is 1. The maximum atomic E-state index is 14.4. The normalized spacial score (nSPS) is 19.3. The van der Waals surface area contributed by atoms with Gasteiger partial charge in [0.15, 0.2) is 9.84 Å². The van der Waals surface area contributed by atoms with Gasteiger partial charge in [-0.05, 0) is 35.7 Å². The van der Waals surface area contributed by atoms with Crippen LogP contribution < -0.4 is 10.5 Å². The van der Waals surface area contributed by atoms with Crippen molar-refractivity contribution in [3.05, 3.63) is 58.3 Å². The molecule has 1 fully saturated rings. The van der Waals surface area contributed by atoms with E-state index >= 15 is 0 Å². The summed E-state index contributed by atoms with van der Waals surface area (Å²) in [7, 11) is -3.94. The van der Waals surface area contributed by atoms with E-state index in [1.165, 1.54) is 35.4 Å². The Morgan fingerprint density at radius 2 is 2.03 bits per heavy atom. The minimum Gasteiger partial charge on any atom is -0.385 e. The molecule has 3 aromatic rings. The van der Waals surface area contributed by atoms with Gasteiger partial charge >= 0.3 is 0 Å². The molecular weight excluding hydrogens is 441 g/mol. The predicted molar refractivity (Wildman–Crippen MR) is 108 cm³/mol. The van der Waals surface area contributed by atoms with Gasteiger partial charge in [-0.3, -0.25) is 4.79 Å². The number of rotatable bonds is 4. The summed E-state index contributed by atoms with van der Waals surface area (Å²) in [6.45, 7) is -0.332. The third-order valence-electron chi connectivity index (χ3n) is 5.07. The Bertz CT molecular complexity index is 1270. The minimum absolute atomic E-state index is 0.0217. The van der Waals surface area contributed by atoms with E-state index in [9.17, 15) is 31.5 Å². The number of H-pyrrole nitrogens is 1. The van der Waals surface area contributed by atoms with Crippen molar-refractivity contribution in [1.82, 2.24) is 4.98 Å². The lowest BCUT2D eigenvalue weighted by atomic mass is 10.0. The molecule has 0 bridgehead atoms. The van der Waals surface area contributed by atoms with E-state index in [1.807, 2.05) is 0 Å². The van der Waals surface area contributed by atoms with E-state index in [-0.39, 0.29) is 28.2 Å². The fourth-order valence-electron chi connectivity index (χ4n) is 3.37. The number of hydrogen-bond acceptors (Lipinski definition) is 6. The van der Waals surface area contributed by atoms with Gasteiger partial charge in [0.05, 0.1) is 17.3 Å². The average molecular weight is 458 g/mol. The fourth-order valence-corrected chi connectivity index (χ4v) is 6.13. The molecule has 1 atom stereocenters. The lowest BCUT2D eigenvalue weighted by molar-refractivity contribution is -0.117. The van der Waals surface area contributed by atoms with Gasteiger partial charge in [-0.25, -0.2) is 21.6 Å². The van der Waals surface area contributed by atoms with Crippen LogP contribution in [0.5, 0.6) is 0 Å². The Hall–Kier alpha value is -2.37. The van der Waals surface area contributed by atoms with Gasteiger partial charge in [-0.1, -0.05) is 0 Å². The highest BCUT2D eigenvalue weighted by Gasteiger charge is 2.43. The van der Waals surface area contributed by atoms with E-state index in [4.69, 9.17) is 0 Å². The number of nitrogens with one attached hydrogen (secondary N) is 1. The van der Waals surface area contributed by atoms with Crippen molar-refractivity contribution in [1.29, 1.82) is 0 Å². The van der Waals surface area contributed by atoms with Crippen LogP contribution in [0.1, 0.15) is 12.0 Å². The first-order valence-corrected chi connectivity index (χ1v) is 11.5. The summed E-state index contributed by atoms with van der Waals surface area (Å²) in [5.74, 6) is -4.56. The number of halogens is 3. The number of aromatic nitrogens is 1. The molecule has 6 nitrogen and oxygen atoms in total. The van der Waals surface area contributed by atoms with Crippen LogP contribution in [0.3, 0.4) is 0 Å². The number of piperidine rings is 1. The number of pyridine rings is 1. The molecule has 30 heavy (non-hydrogen) atoms. The first-order chi connectivity index (χ1) is 14.1. The summed E-state index contributed by atoms with van der Waals surface area (Å²) in [5.41, 5.74) is -0.591. The Morgan fingerprint density at radius 3 is 2.77 bits per heavy atom. The molecule has 3 heterocycles. The molecule has 2 aromatic heterocycles. The van der Waals surface area contributed by atoms with E-state index in [0.29, 0.717) is 10.4 Å². The van der Waals surface area contributed by atoms with Gasteiger partial charge < -0.3 is 15.0 Å². The lowest BCUT2D eigenvalue weighted by Gasteiger charge is -2.36. The first kappa shape index (κ1) is 20.9. The Morgan fingerprint density at radius 1 is 1.27 bits per heavy atom. The van der Waals surface area contributed by atoms with Crippen LogP contribution in [0.4, 0.5) is 18.2 Å². The third kappa shape index (κ3) is 3.84. The third-order valence-corrected chi connectivity index (χ3v) is 8.46. The molecule has 1 aliphatic heterocycles. The SMILES string of the molecule is O=c1[nH]ccc2cc(F)c(CS(=O)(=O)c3ccc(N4CCC(F)(F)C(O)C4)s3)cc12. The zero-order valence-electron chi connectivity index (χ0n) is 15.4. The number of thiophene rings is 1. The van der Waals surface area contributed by atoms with E-state index in [0.717, 1.165) is 17.4 Å². The lowest BCUT2D eigenvalue weighted by Crippen LogP contribution is -2.50. The Labute approximate surface area is 173 Å². The topological polar surface area (TPSA) is 90.5 Å². The number of benzene rings is 1. The van der Waals surface area contributed by atoms with E-state index in [2.05, 4.69) is 4.98 Å². The first-order valence-electron chi connectivity index (χ1n) is 9.00. The quantitative estimate of drug-likeness (QED) is 0.628. The number of alkyl halides is 2. The molecule has 0 aliphatic carbocycles. The molecule has 0 saturated carbocycles. The van der Waals surface area contributed by atoms with Crippen LogP contribution in [-0.2, 0) is 15.6 Å². The van der Waals surface area contributed by atoms with Crippen LogP contribution in [0.2, 0.25) is 0 Å². The highest BCUT2D eigenvalue weighted by Crippen LogP contribution is 2.36. The van der Waals surface area contributed by atoms with Gasteiger partial charge in [0.25, 0.3) is 11.5 Å². The second-order valence-electron chi connectivity index (χ2n) is 7.16. The summed E-state index contributed by atoms with van der Waals surface area (Å²) in [6.07, 6.45) is -0.996. The zero-order valence-corrected chi connectivity index (χ0v) is 17.1. The second kappa shape index (κ2) is 7.40. The summed E-state index contributed by atoms with van der Waals surface area (Å²) in [4.78, 5) is 15.9. The molecule has 1 saturated heterocycles. The largest absolute Gasteiger partial charge is 0.385 e. The summed E-state index contributed by atoms with van der Waals surface area (Å²) in [6, 6.07) is 6.67. The molecule has 0 spiro atoms. The second-order valence-corrected chi connectivity index (χ2v) is 10.4. The number of aliphatic hydroxyl groups is 1. The predicted octanol–water partition coefficient (Wildman–Crippen LogP) is 2.91. The van der Waals surface area contributed by atoms with Crippen LogP contribution in [-0.4, -0.2) is 43.6 Å². The van der Waals surface area contributed by atoms with Gasteiger partial charge in [0.2, 0.25) is 0 Å².